The summed E-state index contributed by atoms with van der Waals surface area (Å²) in [5, 5.41) is 5.18. The zero-order valence-electron chi connectivity index (χ0n) is 19.9. The molecule has 8 nitrogen and oxygen atoms in total. The summed E-state index contributed by atoms with van der Waals surface area (Å²) in [5.41, 5.74) is 19.2. The molecule has 178 valence electrons. The van der Waals surface area contributed by atoms with E-state index >= 15 is 0 Å². The fraction of sp³-hybridized carbons (Fsp3) is 0.370. The first kappa shape index (κ1) is 21.7. The topological polar surface area (TPSA) is 89.0 Å². The molecule has 5 heterocycles. The maximum Gasteiger partial charge on any atom is 0.276 e. The molecule has 0 spiro atoms. The second-order valence-electron chi connectivity index (χ2n) is 9.52. The Labute approximate surface area is 204 Å². The van der Waals surface area contributed by atoms with Crippen molar-refractivity contribution >= 4 is 29.2 Å². The number of anilines is 2. The van der Waals surface area contributed by atoms with E-state index in [0.717, 1.165) is 74.8 Å². The smallest absolute Gasteiger partial charge is 0.276 e. The maximum absolute atomic E-state index is 11.3. The number of amides is 1. The zero-order chi connectivity index (χ0) is 24.1. The summed E-state index contributed by atoms with van der Waals surface area (Å²) < 4.78 is 7.72. The Morgan fingerprint density at radius 3 is 2.77 bits per heavy atom. The molecule has 0 radical (unpaired) electrons. The fourth-order valence-corrected chi connectivity index (χ4v) is 5.21. The number of allylic oxidation sites excluding steroid dienone is 2. The Morgan fingerprint density at radius 1 is 1.23 bits per heavy atom. The maximum atomic E-state index is 11.3. The van der Waals surface area contributed by atoms with Crippen LogP contribution in [-0.4, -0.2) is 53.1 Å². The minimum atomic E-state index is -0.602. The van der Waals surface area contributed by atoms with Crippen LogP contribution in [0.4, 0.5) is 11.5 Å². The summed E-state index contributed by atoms with van der Waals surface area (Å²) in [6.07, 6.45) is 4.63. The number of rotatable bonds is 5. The van der Waals surface area contributed by atoms with Gasteiger partial charge in [0.05, 0.1) is 24.8 Å². The van der Waals surface area contributed by atoms with Crippen LogP contribution >= 0.6 is 0 Å². The highest BCUT2D eigenvalue weighted by molar-refractivity contribution is 6.12. The molecule has 0 saturated carbocycles. The number of carbonyl (C=O) groups is 1. The fourth-order valence-electron chi connectivity index (χ4n) is 5.21. The van der Waals surface area contributed by atoms with Gasteiger partial charge >= 0.3 is 0 Å². The third-order valence-electron chi connectivity index (χ3n) is 7.21. The first-order valence-corrected chi connectivity index (χ1v) is 12.1. The van der Waals surface area contributed by atoms with Gasteiger partial charge in [0.15, 0.2) is 11.5 Å². The van der Waals surface area contributed by atoms with Crippen LogP contribution in [-0.2, 0) is 28.9 Å². The highest BCUT2D eigenvalue weighted by atomic mass is 16.5. The van der Waals surface area contributed by atoms with E-state index in [0.29, 0.717) is 6.04 Å². The summed E-state index contributed by atoms with van der Waals surface area (Å²) in [5.74, 6) is 0.453. The van der Waals surface area contributed by atoms with Gasteiger partial charge in [-0.2, -0.15) is 5.10 Å². The van der Waals surface area contributed by atoms with Gasteiger partial charge in [0, 0.05) is 54.9 Å². The Kier molecular flexibility index (Phi) is 5.23. The van der Waals surface area contributed by atoms with E-state index in [2.05, 4.69) is 62.6 Å². The minimum absolute atomic E-state index is 0.0962. The van der Waals surface area contributed by atoms with Crippen LogP contribution in [0.1, 0.15) is 41.8 Å². The second-order valence-corrected chi connectivity index (χ2v) is 9.52. The number of ether oxygens (including phenoxy) is 1. The van der Waals surface area contributed by atoms with Crippen LogP contribution in [0.3, 0.4) is 0 Å². The summed E-state index contributed by atoms with van der Waals surface area (Å²) in [4.78, 5) is 20.2. The molecule has 1 aromatic heterocycles. The standard InChI is InChI=1S/C27H28N6O2/c1-17(2)31-11-9-25-22(14-31)27(30-33(25)21-15-35-16-21)32-10-3-4-19-12-18(6-8-24(19)32)20-5-7-23(26(28)34)29-13-20/h6,8,12-13,21H,1,3-4,9-11,14-16H2,2H3,(H2,28,34). The predicted molar refractivity (Wildman–Crippen MR) is 134 cm³/mol. The number of aromatic nitrogens is 2. The van der Waals surface area contributed by atoms with Crippen molar-refractivity contribution in [2.24, 2.45) is 10.7 Å². The van der Waals surface area contributed by atoms with Crippen molar-refractivity contribution in [3.05, 3.63) is 70.0 Å². The average Bonchev–Trinajstić information content (AvgIpc) is 3.20. The monoisotopic (exact) mass is 468 g/mol. The van der Waals surface area contributed by atoms with Gasteiger partial charge in [-0.05, 0) is 48.8 Å². The molecule has 1 amide bonds. The Morgan fingerprint density at radius 2 is 2.09 bits per heavy atom. The number of hydrogen-bond donors (Lipinski definition) is 1. The predicted octanol–water partition coefficient (Wildman–Crippen LogP) is 3.02. The lowest BCUT2D eigenvalue weighted by molar-refractivity contribution is -0.114. The second kappa shape index (κ2) is 8.43. The van der Waals surface area contributed by atoms with E-state index in [1.165, 1.54) is 22.5 Å². The number of aliphatic imine (C=N–C) groups is 1. The summed E-state index contributed by atoms with van der Waals surface area (Å²) in [6.45, 7) is 10.4. The molecule has 6 rings (SSSR count). The van der Waals surface area contributed by atoms with E-state index in [1.54, 1.807) is 6.21 Å². The van der Waals surface area contributed by atoms with Crippen LogP contribution in [0.2, 0.25) is 0 Å². The largest absolute Gasteiger partial charge is 0.377 e. The van der Waals surface area contributed by atoms with E-state index in [-0.39, 0.29) is 5.70 Å². The van der Waals surface area contributed by atoms with Gasteiger partial charge in [0.2, 0.25) is 0 Å². The third-order valence-corrected chi connectivity index (χ3v) is 7.21. The van der Waals surface area contributed by atoms with Crippen molar-refractivity contribution in [2.75, 3.05) is 31.2 Å². The van der Waals surface area contributed by atoms with Crippen LogP contribution in [0.15, 0.2) is 52.6 Å². The molecule has 0 atom stereocenters. The lowest BCUT2D eigenvalue weighted by Gasteiger charge is -2.34. The molecule has 0 unspecified atom stereocenters. The average molecular weight is 469 g/mol. The SMILES string of the molecule is C=C(C)N1CCc2c(c(N3CCCc4cc(C5=C=C=C(C(N)=O)N=C5)ccc43)nn2C2COC2)C1. The molecule has 8 heteroatoms. The molecule has 2 N–H and O–H groups in total. The van der Waals surface area contributed by atoms with E-state index in [9.17, 15) is 4.79 Å². The Bertz CT molecular complexity index is 1380. The highest BCUT2D eigenvalue weighted by Crippen LogP contribution is 2.40. The van der Waals surface area contributed by atoms with Crippen molar-refractivity contribution in [1.29, 1.82) is 0 Å². The van der Waals surface area contributed by atoms with Crippen molar-refractivity contribution < 1.29 is 9.53 Å². The van der Waals surface area contributed by atoms with Crippen LogP contribution in [0.25, 0.3) is 5.57 Å². The normalized spacial score (nSPS) is 19.0. The van der Waals surface area contributed by atoms with E-state index < -0.39 is 5.91 Å². The van der Waals surface area contributed by atoms with Gasteiger partial charge in [-0.3, -0.25) is 9.48 Å². The number of primary amides is 1. The molecule has 0 bridgehead atoms. The summed E-state index contributed by atoms with van der Waals surface area (Å²) in [6, 6.07) is 6.75. The zero-order valence-corrected chi connectivity index (χ0v) is 19.9. The van der Waals surface area contributed by atoms with E-state index in [1.807, 2.05) is 0 Å². The van der Waals surface area contributed by atoms with Crippen molar-refractivity contribution in [3.8, 4) is 0 Å². The molecule has 1 saturated heterocycles. The first-order chi connectivity index (χ1) is 17.0. The van der Waals surface area contributed by atoms with Crippen LogP contribution < -0.4 is 10.6 Å². The first-order valence-electron chi connectivity index (χ1n) is 12.1. The molecular formula is C27H28N6O2. The number of benzene rings is 1. The molecule has 1 aromatic carbocycles. The van der Waals surface area contributed by atoms with Gasteiger partial charge in [-0.25, -0.2) is 4.99 Å². The quantitative estimate of drug-likeness (QED) is 0.682. The number of carbonyl (C=O) groups excluding carboxylic acids is 1. The number of hydrogen-bond acceptors (Lipinski definition) is 6. The van der Waals surface area contributed by atoms with Crippen molar-refractivity contribution in [3.63, 3.8) is 0 Å². The minimum Gasteiger partial charge on any atom is -0.377 e. The highest BCUT2D eigenvalue weighted by Gasteiger charge is 2.34. The van der Waals surface area contributed by atoms with Crippen LogP contribution in [0, 0.1) is 0 Å². The number of fused-ring (bicyclic) bond motifs is 2. The molecule has 35 heavy (non-hydrogen) atoms. The lowest BCUT2D eigenvalue weighted by atomic mass is 9.95. The molecule has 4 aliphatic rings. The van der Waals surface area contributed by atoms with Gasteiger partial charge in [-0.15, -0.1) is 0 Å². The molecule has 0 aliphatic carbocycles. The number of nitrogens with zero attached hydrogens (tertiary/aromatic N) is 5. The number of aryl methyl sites for hydroxylation is 1. The summed E-state index contributed by atoms with van der Waals surface area (Å²) in [7, 11) is 0. The van der Waals surface area contributed by atoms with Gasteiger partial charge in [0.25, 0.3) is 5.91 Å². The molecular weight excluding hydrogens is 440 g/mol. The Hall–Kier alpha value is -3.83. The van der Waals surface area contributed by atoms with Gasteiger partial charge in [0.1, 0.15) is 0 Å². The number of nitrogens with two attached hydrogens (primary N) is 1. The Balaban J connectivity index is 1.40. The van der Waals surface area contributed by atoms with E-state index in [4.69, 9.17) is 15.6 Å². The molecule has 4 aliphatic heterocycles. The van der Waals surface area contributed by atoms with Crippen LogP contribution in [0.5, 0.6) is 0 Å². The molecule has 1 fully saturated rings. The van der Waals surface area contributed by atoms with Crippen molar-refractivity contribution in [2.45, 2.75) is 38.8 Å². The van der Waals surface area contributed by atoms with Gasteiger partial charge < -0.3 is 20.3 Å². The summed E-state index contributed by atoms with van der Waals surface area (Å²) >= 11 is 0. The third kappa shape index (κ3) is 3.72. The molecule has 2 aromatic rings. The van der Waals surface area contributed by atoms with Gasteiger partial charge in [-0.1, -0.05) is 18.4 Å². The van der Waals surface area contributed by atoms with Crippen molar-refractivity contribution in [1.82, 2.24) is 14.7 Å². The lowest BCUT2D eigenvalue weighted by Crippen LogP contribution is -2.35.